The van der Waals surface area contributed by atoms with E-state index in [1.54, 1.807) is 28.8 Å². The zero-order valence-electron chi connectivity index (χ0n) is 15.8. The SMILES string of the molecule is COC(=O)c1ccc(Nc2nc3c(-c4cnn(C(C)C)c4)cccn3n2)cc1. The second-order valence-corrected chi connectivity index (χ2v) is 6.62. The van der Waals surface area contributed by atoms with Crippen molar-refractivity contribution in [3.63, 3.8) is 0 Å². The van der Waals surface area contributed by atoms with Crippen LogP contribution in [0.2, 0.25) is 0 Å². The van der Waals surface area contributed by atoms with Crippen molar-refractivity contribution in [3.8, 4) is 11.1 Å². The number of carbonyl (C=O) groups excluding carboxylic acids is 1. The van der Waals surface area contributed by atoms with E-state index in [0.717, 1.165) is 22.5 Å². The predicted octanol–water partition coefficient (Wildman–Crippen LogP) is 3.70. The van der Waals surface area contributed by atoms with Crippen LogP contribution in [0.1, 0.15) is 30.2 Å². The minimum atomic E-state index is -0.371. The number of ether oxygens (including phenoxy) is 1. The second-order valence-electron chi connectivity index (χ2n) is 6.62. The standard InChI is InChI=1S/C20H20N6O2/c1-13(2)26-12-15(11-21-26)17-5-4-10-25-18(17)23-20(24-25)22-16-8-6-14(7-9-16)19(27)28-3/h4-13H,1-3H3,(H,22,24). The van der Waals surface area contributed by atoms with Gasteiger partial charge < -0.3 is 10.1 Å². The van der Waals surface area contributed by atoms with Gasteiger partial charge in [-0.15, -0.1) is 5.10 Å². The number of nitrogens with one attached hydrogen (secondary N) is 1. The molecule has 4 rings (SSSR count). The average molecular weight is 376 g/mol. The molecule has 4 aromatic rings. The van der Waals surface area contributed by atoms with Crippen LogP contribution < -0.4 is 5.32 Å². The highest BCUT2D eigenvalue weighted by molar-refractivity contribution is 5.89. The summed E-state index contributed by atoms with van der Waals surface area (Å²) in [6.45, 7) is 4.17. The van der Waals surface area contributed by atoms with E-state index >= 15 is 0 Å². The van der Waals surface area contributed by atoms with Crippen molar-refractivity contribution < 1.29 is 9.53 Å². The number of carbonyl (C=O) groups is 1. The molecule has 8 heteroatoms. The zero-order valence-corrected chi connectivity index (χ0v) is 15.8. The Morgan fingerprint density at radius 2 is 1.96 bits per heavy atom. The van der Waals surface area contributed by atoms with Crippen LogP contribution >= 0.6 is 0 Å². The Labute approximate surface area is 161 Å². The van der Waals surface area contributed by atoms with Gasteiger partial charge in [0.05, 0.1) is 18.9 Å². The third-order valence-electron chi connectivity index (χ3n) is 4.37. The topological polar surface area (TPSA) is 86.3 Å². The van der Waals surface area contributed by atoms with E-state index in [1.807, 2.05) is 35.4 Å². The first-order valence-corrected chi connectivity index (χ1v) is 8.90. The third kappa shape index (κ3) is 3.32. The first-order chi connectivity index (χ1) is 13.5. The molecule has 8 nitrogen and oxygen atoms in total. The lowest BCUT2D eigenvalue weighted by Gasteiger charge is -2.03. The van der Waals surface area contributed by atoms with Gasteiger partial charge in [0.15, 0.2) is 5.65 Å². The number of hydrogen-bond acceptors (Lipinski definition) is 6. The molecule has 3 aromatic heterocycles. The van der Waals surface area contributed by atoms with Gasteiger partial charge in [0.2, 0.25) is 5.95 Å². The van der Waals surface area contributed by atoms with Gasteiger partial charge in [0.25, 0.3) is 0 Å². The summed E-state index contributed by atoms with van der Waals surface area (Å²) in [6.07, 6.45) is 5.69. The molecule has 0 aliphatic carbocycles. The molecule has 0 fully saturated rings. The van der Waals surface area contributed by atoms with E-state index in [-0.39, 0.29) is 12.0 Å². The van der Waals surface area contributed by atoms with Crippen LogP contribution in [0.4, 0.5) is 11.6 Å². The lowest BCUT2D eigenvalue weighted by atomic mass is 10.1. The fourth-order valence-corrected chi connectivity index (χ4v) is 2.88. The van der Waals surface area contributed by atoms with Gasteiger partial charge in [0.1, 0.15) is 0 Å². The minimum absolute atomic E-state index is 0.288. The molecular formula is C20H20N6O2. The van der Waals surface area contributed by atoms with Crippen LogP contribution in [0.5, 0.6) is 0 Å². The van der Waals surface area contributed by atoms with E-state index < -0.39 is 0 Å². The largest absolute Gasteiger partial charge is 0.465 e. The van der Waals surface area contributed by atoms with Crippen molar-refractivity contribution in [2.24, 2.45) is 0 Å². The Kier molecular flexibility index (Phi) is 4.52. The van der Waals surface area contributed by atoms with Crippen LogP contribution in [0, 0.1) is 0 Å². The molecule has 0 aliphatic rings. The fourth-order valence-electron chi connectivity index (χ4n) is 2.88. The van der Waals surface area contributed by atoms with E-state index in [1.165, 1.54) is 7.11 Å². The molecule has 0 saturated carbocycles. The Balaban J connectivity index is 1.63. The molecule has 0 aliphatic heterocycles. The molecule has 142 valence electrons. The predicted molar refractivity (Wildman–Crippen MR) is 106 cm³/mol. The lowest BCUT2D eigenvalue weighted by Crippen LogP contribution is -2.01. The molecule has 0 radical (unpaired) electrons. The Morgan fingerprint density at radius 3 is 2.64 bits per heavy atom. The molecule has 0 bridgehead atoms. The number of hydrogen-bond donors (Lipinski definition) is 1. The van der Waals surface area contributed by atoms with Crippen molar-refractivity contribution in [2.75, 3.05) is 12.4 Å². The van der Waals surface area contributed by atoms with Gasteiger partial charge in [-0.25, -0.2) is 9.31 Å². The van der Waals surface area contributed by atoms with Gasteiger partial charge >= 0.3 is 5.97 Å². The van der Waals surface area contributed by atoms with E-state index in [2.05, 4.69) is 34.3 Å². The second kappa shape index (κ2) is 7.15. The Morgan fingerprint density at radius 1 is 1.18 bits per heavy atom. The summed E-state index contributed by atoms with van der Waals surface area (Å²) in [5, 5.41) is 12.1. The first-order valence-electron chi connectivity index (χ1n) is 8.90. The van der Waals surface area contributed by atoms with Gasteiger partial charge in [-0.1, -0.05) is 0 Å². The molecule has 28 heavy (non-hydrogen) atoms. The van der Waals surface area contributed by atoms with Crippen molar-refractivity contribution >= 4 is 23.3 Å². The smallest absolute Gasteiger partial charge is 0.337 e. The quantitative estimate of drug-likeness (QED) is 0.535. The molecule has 0 spiro atoms. The maximum Gasteiger partial charge on any atom is 0.337 e. The lowest BCUT2D eigenvalue weighted by molar-refractivity contribution is 0.0601. The summed E-state index contributed by atoms with van der Waals surface area (Å²) in [5.74, 6) is 0.0958. The summed E-state index contributed by atoms with van der Waals surface area (Å²) in [5.41, 5.74) is 3.94. The monoisotopic (exact) mass is 376 g/mol. The number of anilines is 2. The van der Waals surface area contributed by atoms with Crippen molar-refractivity contribution in [1.82, 2.24) is 24.4 Å². The number of aromatic nitrogens is 5. The van der Waals surface area contributed by atoms with Crippen LogP contribution in [0.3, 0.4) is 0 Å². The average Bonchev–Trinajstić information content (AvgIpc) is 3.34. The van der Waals surface area contributed by atoms with Crippen LogP contribution in [0.25, 0.3) is 16.8 Å². The van der Waals surface area contributed by atoms with Crippen molar-refractivity contribution in [2.45, 2.75) is 19.9 Å². The van der Waals surface area contributed by atoms with E-state index in [9.17, 15) is 4.79 Å². The molecule has 1 aromatic carbocycles. The van der Waals surface area contributed by atoms with Gasteiger partial charge in [-0.05, 0) is 50.2 Å². The molecule has 0 unspecified atom stereocenters. The number of pyridine rings is 1. The summed E-state index contributed by atoms with van der Waals surface area (Å²) in [4.78, 5) is 16.2. The van der Waals surface area contributed by atoms with Gasteiger partial charge in [-0.3, -0.25) is 4.68 Å². The first kappa shape index (κ1) is 17.7. The summed E-state index contributed by atoms with van der Waals surface area (Å²) < 4.78 is 8.36. The molecule has 1 N–H and O–H groups in total. The van der Waals surface area contributed by atoms with Crippen LogP contribution in [-0.2, 0) is 4.74 Å². The van der Waals surface area contributed by atoms with Crippen molar-refractivity contribution in [1.29, 1.82) is 0 Å². The number of methoxy groups -OCH3 is 1. The number of fused-ring (bicyclic) bond motifs is 1. The Hall–Kier alpha value is -3.68. The van der Waals surface area contributed by atoms with E-state index in [0.29, 0.717) is 11.5 Å². The number of esters is 1. The van der Waals surface area contributed by atoms with E-state index in [4.69, 9.17) is 4.74 Å². The molecule has 3 heterocycles. The summed E-state index contributed by atoms with van der Waals surface area (Å²) in [7, 11) is 1.36. The maximum atomic E-state index is 11.5. The summed E-state index contributed by atoms with van der Waals surface area (Å²) >= 11 is 0. The summed E-state index contributed by atoms with van der Waals surface area (Å²) in [6, 6.07) is 11.2. The van der Waals surface area contributed by atoms with Crippen LogP contribution in [0.15, 0.2) is 55.0 Å². The van der Waals surface area contributed by atoms with Gasteiger partial charge in [-0.2, -0.15) is 10.1 Å². The highest BCUT2D eigenvalue weighted by atomic mass is 16.5. The number of nitrogens with zero attached hydrogens (tertiary/aromatic N) is 5. The minimum Gasteiger partial charge on any atom is -0.465 e. The third-order valence-corrected chi connectivity index (χ3v) is 4.37. The molecule has 0 saturated heterocycles. The normalized spacial score (nSPS) is 11.1. The highest BCUT2D eigenvalue weighted by Crippen LogP contribution is 2.25. The number of rotatable bonds is 5. The highest BCUT2D eigenvalue weighted by Gasteiger charge is 2.12. The Bertz CT molecular complexity index is 1130. The van der Waals surface area contributed by atoms with Crippen molar-refractivity contribution in [3.05, 3.63) is 60.6 Å². The number of benzene rings is 1. The zero-order chi connectivity index (χ0) is 19.7. The fraction of sp³-hybridized carbons (Fsp3) is 0.200. The van der Waals surface area contributed by atoms with Gasteiger partial charge in [0, 0.05) is 35.2 Å². The molecule has 0 amide bonds. The molecular weight excluding hydrogens is 356 g/mol. The molecule has 0 atom stereocenters. The van der Waals surface area contributed by atoms with Crippen LogP contribution in [-0.4, -0.2) is 37.5 Å². The maximum absolute atomic E-state index is 11.5.